The lowest BCUT2D eigenvalue weighted by atomic mass is 10.2. The molecule has 1 saturated heterocycles. The third-order valence-electron chi connectivity index (χ3n) is 5.06. The summed E-state index contributed by atoms with van der Waals surface area (Å²) in [5.74, 6) is 0.944. The Morgan fingerprint density at radius 3 is 2.71 bits per heavy atom. The topological polar surface area (TPSA) is 28.6 Å². The largest absolute Gasteiger partial charge is 0.495 e. The minimum Gasteiger partial charge on any atom is -0.495 e. The van der Waals surface area contributed by atoms with Gasteiger partial charge in [0.2, 0.25) is 0 Å². The molecule has 2 heterocycles. The molecule has 0 saturated carbocycles. The van der Waals surface area contributed by atoms with Gasteiger partial charge < -0.3 is 9.64 Å². The second-order valence-electron chi connectivity index (χ2n) is 6.91. The highest BCUT2D eigenvalue weighted by Crippen LogP contribution is 2.31. The van der Waals surface area contributed by atoms with Gasteiger partial charge >= 0.3 is 0 Å². The number of benzene rings is 2. The Morgan fingerprint density at radius 2 is 1.86 bits per heavy atom. The molecular formula is C22H24ClN3OS. The summed E-state index contributed by atoms with van der Waals surface area (Å²) < 4.78 is 5.54. The predicted molar refractivity (Wildman–Crippen MR) is 118 cm³/mol. The lowest BCUT2D eigenvalue weighted by Gasteiger charge is -2.25. The van der Waals surface area contributed by atoms with Crippen molar-refractivity contribution in [2.75, 3.05) is 38.2 Å². The summed E-state index contributed by atoms with van der Waals surface area (Å²) in [6, 6.07) is 16.2. The molecule has 0 atom stereocenters. The van der Waals surface area contributed by atoms with Crippen LogP contribution in [0.15, 0.2) is 53.9 Å². The molecule has 28 heavy (non-hydrogen) atoms. The van der Waals surface area contributed by atoms with Gasteiger partial charge in [-0.25, -0.2) is 4.98 Å². The first-order chi connectivity index (χ1) is 13.7. The molecule has 0 N–H and O–H groups in total. The average molecular weight is 414 g/mol. The van der Waals surface area contributed by atoms with E-state index in [1.165, 1.54) is 5.69 Å². The summed E-state index contributed by atoms with van der Waals surface area (Å²) in [7, 11) is 1.74. The molecule has 0 amide bonds. The van der Waals surface area contributed by atoms with Gasteiger partial charge in [-0.2, -0.15) is 0 Å². The van der Waals surface area contributed by atoms with Crippen LogP contribution in [-0.2, 0) is 6.54 Å². The van der Waals surface area contributed by atoms with Crippen LogP contribution in [0.4, 0.5) is 5.69 Å². The zero-order chi connectivity index (χ0) is 19.3. The summed E-state index contributed by atoms with van der Waals surface area (Å²) >= 11 is 7.98. The Kier molecular flexibility index (Phi) is 6.15. The van der Waals surface area contributed by atoms with E-state index in [1.54, 1.807) is 18.4 Å². The fourth-order valence-electron chi connectivity index (χ4n) is 3.63. The fraction of sp³-hybridized carbons (Fsp3) is 0.318. The maximum atomic E-state index is 6.32. The van der Waals surface area contributed by atoms with Crippen LogP contribution < -0.4 is 9.64 Å². The van der Waals surface area contributed by atoms with Gasteiger partial charge in [-0.3, -0.25) is 4.90 Å². The molecule has 1 aliphatic heterocycles. The monoisotopic (exact) mass is 413 g/mol. The van der Waals surface area contributed by atoms with Gasteiger partial charge in [0.05, 0.1) is 23.5 Å². The number of nitrogens with zero attached hydrogens (tertiary/aromatic N) is 3. The van der Waals surface area contributed by atoms with Crippen molar-refractivity contribution in [2.24, 2.45) is 0 Å². The van der Waals surface area contributed by atoms with Gasteiger partial charge in [-0.15, -0.1) is 11.3 Å². The van der Waals surface area contributed by atoms with Crippen molar-refractivity contribution in [3.63, 3.8) is 0 Å². The molecule has 0 aliphatic carbocycles. The number of halogens is 1. The summed E-state index contributed by atoms with van der Waals surface area (Å²) in [6.45, 7) is 4.99. The van der Waals surface area contributed by atoms with Crippen LogP contribution in [-0.4, -0.2) is 43.2 Å². The van der Waals surface area contributed by atoms with Gasteiger partial charge in [-0.1, -0.05) is 41.9 Å². The molecule has 3 aromatic rings. The molecule has 1 aliphatic rings. The van der Waals surface area contributed by atoms with E-state index in [-0.39, 0.29) is 0 Å². The van der Waals surface area contributed by atoms with Crippen LogP contribution >= 0.6 is 22.9 Å². The van der Waals surface area contributed by atoms with Crippen molar-refractivity contribution < 1.29 is 4.74 Å². The molecule has 4 rings (SSSR count). The molecule has 0 spiro atoms. The number of aromatic nitrogens is 1. The zero-order valence-corrected chi connectivity index (χ0v) is 17.5. The number of methoxy groups -OCH3 is 1. The van der Waals surface area contributed by atoms with Gasteiger partial charge in [0.25, 0.3) is 0 Å². The van der Waals surface area contributed by atoms with Crippen LogP contribution in [0, 0.1) is 0 Å². The Balaban J connectivity index is 1.41. The Hall–Kier alpha value is -2.08. The number of anilines is 1. The molecule has 0 unspecified atom stereocenters. The normalized spacial score (nSPS) is 15.4. The molecule has 0 bridgehead atoms. The molecule has 146 valence electrons. The first-order valence-corrected chi connectivity index (χ1v) is 10.8. The van der Waals surface area contributed by atoms with E-state index in [9.17, 15) is 0 Å². The molecule has 1 aromatic heterocycles. The lowest BCUT2D eigenvalue weighted by molar-refractivity contribution is 0.282. The number of ether oxygens (including phenoxy) is 1. The van der Waals surface area contributed by atoms with Crippen LogP contribution in [0.2, 0.25) is 5.02 Å². The number of hydrogen-bond donors (Lipinski definition) is 0. The standard InChI is InChI=1S/C22H24ClN3OS/c1-27-21-10-5-4-9-20(21)26-12-6-11-25(13-14-26)15-17-16-28-22(24-17)18-7-2-3-8-19(18)23/h2-5,7-10,16H,6,11-15H2,1H3. The van der Waals surface area contributed by atoms with Crippen molar-refractivity contribution in [1.82, 2.24) is 9.88 Å². The van der Waals surface area contributed by atoms with E-state index in [1.807, 2.05) is 36.4 Å². The smallest absolute Gasteiger partial charge is 0.142 e. The van der Waals surface area contributed by atoms with Crippen molar-refractivity contribution in [3.8, 4) is 16.3 Å². The SMILES string of the molecule is COc1ccccc1N1CCCN(Cc2csc(-c3ccccc3Cl)n2)CC1. The second kappa shape index (κ2) is 8.95. The van der Waals surface area contributed by atoms with Crippen LogP contribution in [0.5, 0.6) is 5.75 Å². The average Bonchev–Trinajstić information content (AvgIpc) is 3.06. The van der Waals surface area contributed by atoms with Gasteiger partial charge in [0.15, 0.2) is 0 Å². The predicted octanol–water partition coefficient (Wildman–Crippen LogP) is 5.18. The number of para-hydroxylation sites is 2. The minimum atomic E-state index is 0.755. The van der Waals surface area contributed by atoms with E-state index in [2.05, 4.69) is 27.3 Å². The van der Waals surface area contributed by atoms with Crippen LogP contribution in [0.25, 0.3) is 10.6 Å². The molecule has 1 fully saturated rings. The molecule has 4 nitrogen and oxygen atoms in total. The van der Waals surface area contributed by atoms with Crippen molar-refractivity contribution >= 4 is 28.6 Å². The highest BCUT2D eigenvalue weighted by atomic mass is 35.5. The second-order valence-corrected chi connectivity index (χ2v) is 8.18. The highest BCUT2D eigenvalue weighted by molar-refractivity contribution is 7.13. The Bertz CT molecular complexity index is 929. The van der Waals surface area contributed by atoms with E-state index in [0.29, 0.717) is 0 Å². The quantitative estimate of drug-likeness (QED) is 0.575. The molecule has 2 aromatic carbocycles. The summed E-state index contributed by atoms with van der Waals surface area (Å²) in [5, 5.41) is 3.90. The Morgan fingerprint density at radius 1 is 1.04 bits per heavy atom. The maximum absolute atomic E-state index is 6.32. The van der Waals surface area contributed by atoms with E-state index in [4.69, 9.17) is 21.3 Å². The lowest BCUT2D eigenvalue weighted by Crippen LogP contribution is -2.30. The third kappa shape index (κ3) is 4.32. The van der Waals surface area contributed by atoms with Crippen LogP contribution in [0.3, 0.4) is 0 Å². The number of rotatable bonds is 5. The maximum Gasteiger partial charge on any atom is 0.142 e. The van der Waals surface area contributed by atoms with Crippen LogP contribution in [0.1, 0.15) is 12.1 Å². The van der Waals surface area contributed by atoms with Crippen molar-refractivity contribution in [3.05, 3.63) is 64.6 Å². The third-order valence-corrected chi connectivity index (χ3v) is 6.31. The summed E-state index contributed by atoms with van der Waals surface area (Å²) in [4.78, 5) is 9.74. The minimum absolute atomic E-state index is 0.755. The zero-order valence-electron chi connectivity index (χ0n) is 16.0. The van der Waals surface area contributed by atoms with E-state index < -0.39 is 0 Å². The summed E-state index contributed by atoms with van der Waals surface area (Å²) in [5.41, 5.74) is 3.31. The highest BCUT2D eigenvalue weighted by Gasteiger charge is 2.19. The summed E-state index contributed by atoms with van der Waals surface area (Å²) in [6.07, 6.45) is 1.12. The first-order valence-electron chi connectivity index (χ1n) is 9.54. The molecule has 0 radical (unpaired) electrons. The molecule has 6 heteroatoms. The Labute approximate surface area is 175 Å². The van der Waals surface area contributed by atoms with E-state index in [0.717, 1.165) is 66.2 Å². The van der Waals surface area contributed by atoms with E-state index >= 15 is 0 Å². The number of thiazole rings is 1. The first kappa shape index (κ1) is 19.2. The fourth-order valence-corrected chi connectivity index (χ4v) is 4.76. The van der Waals surface area contributed by atoms with Gasteiger partial charge in [0, 0.05) is 43.7 Å². The number of hydrogen-bond acceptors (Lipinski definition) is 5. The van der Waals surface area contributed by atoms with Crippen molar-refractivity contribution in [2.45, 2.75) is 13.0 Å². The van der Waals surface area contributed by atoms with Gasteiger partial charge in [-0.05, 0) is 24.6 Å². The molecular weight excluding hydrogens is 390 g/mol. The van der Waals surface area contributed by atoms with Crippen molar-refractivity contribution in [1.29, 1.82) is 0 Å². The van der Waals surface area contributed by atoms with Gasteiger partial charge in [0.1, 0.15) is 10.8 Å².